The van der Waals surface area contributed by atoms with Gasteiger partial charge in [0.1, 0.15) is 6.10 Å². The third kappa shape index (κ3) is 9.54. The largest absolute Gasteiger partial charge is 0.456 e. The number of unbranched alkanes of at least 4 members (excludes halogenated alkanes) is 5. The predicted molar refractivity (Wildman–Crippen MR) is 101 cm³/mol. The maximum Gasteiger partial charge on any atom is 0.303 e. The van der Waals surface area contributed by atoms with Gasteiger partial charge in [-0.1, -0.05) is 39.0 Å². The second kappa shape index (κ2) is 13.5. The fourth-order valence-corrected chi connectivity index (χ4v) is 3.16. The predicted octanol–water partition coefficient (Wildman–Crippen LogP) is 2.85. The van der Waals surface area contributed by atoms with Gasteiger partial charge < -0.3 is 23.7 Å². The van der Waals surface area contributed by atoms with Crippen molar-refractivity contribution in [3.63, 3.8) is 0 Å². The second-order valence-electron chi connectivity index (χ2n) is 7.09. The lowest BCUT2D eigenvalue weighted by atomic mass is 9.98. The first-order valence-electron chi connectivity index (χ1n) is 10.1. The van der Waals surface area contributed by atoms with Gasteiger partial charge >= 0.3 is 17.9 Å². The molecule has 0 radical (unpaired) electrons. The lowest BCUT2D eigenvalue weighted by Crippen LogP contribution is -2.61. The van der Waals surface area contributed by atoms with E-state index in [-0.39, 0.29) is 6.61 Å². The van der Waals surface area contributed by atoms with E-state index in [2.05, 4.69) is 6.92 Å². The van der Waals surface area contributed by atoms with E-state index in [1.54, 1.807) is 0 Å². The van der Waals surface area contributed by atoms with Gasteiger partial charge in [-0.2, -0.15) is 0 Å². The van der Waals surface area contributed by atoms with Crippen molar-refractivity contribution in [2.24, 2.45) is 0 Å². The highest BCUT2D eigenvalue weighted by Gasteiger charge is 2.52. The molecule has 1 saturated heterocycles. The number of ether oxygens (including phenoxy) is 5. The number of halogens is 1. The molecule has 0 aliphatic carbocycles. The Hall–Kier alpha value is -1.74. The lowest BCUT2D eigenvalue weighted by molar-refractivity contribution is -0.278. The normalized spacial score (nSPS) is 26.6. The summed E-state index contributed by atoms with van der Waals surface area (Å²) in [5, 5.41) is 0. The fraction of sp³-hybridized carbons (Fsp3) is 0.850. The van der Waals surface area contributed by atoms with Gasteiger partial charge in [-0.15, -0.1) is 0 Å². The number of hydrogen-bond acceptors (Lipinski definition) is 8. The fourth-order valence-electron chi connectivity index (χ4n) is 3.16. The number of hydrogen-bond donors (Lipinski definition) is 0. The SMILES string of the molecule is CCCCCCCCOC[C@H]1O[C@H](F)[C@H](OC(C)=O)[C@@H](OC(C)=O)[C@H]1OC(C)=O. The molecule has 0 spiro atoms. The maximum atomic E-state index is 14.5. The van der Waals surface area contributed by atoms with Crippen LogP contribution in [0.2, 0.25) is 0 Å². The van der Waals surface area contributed by atoms with Gasteiger partial charge in [0.15, 0.2) is 18.3 Å². The third-order valence-electron chi connectivity index (χ3n) is 4.41. The monoisotopic (exact) mass is 420 g/mol. The zero-order chi connectivity index (χ0) is 21.8. The topological polar surface area (TPSA) is 97.4 Å². The van der Waals surface area contributed by atoms with Gasteiger partial charge in [0.05, 0.1) is 6.61 Å². The first kappa shape index (κ1) is 25.3. The van der Waals surface area contributed by atoms with Gasteiger partial charge in [0.2, 0.25) is 6.36 Å². The molecule has 0 bridgehead atoms. The van der Waals surface area contributed by atoms with E-state index in [0.29, 0.717) is 6.61 Å². The summed E-state index contributed by atoms with van der Waals surface area (Å²) in [6, 6.07) is 0. The Morgan fingerprint density at radius 2 is 1.31 bits per heavy atom. The van der Waals surface area contributed by atoms with E-state index in [1.807, 2.05) is 0 Å². The van der Waals surface area contributed by atoms with Crippen molar-refractivity contribution >= 4 is 17.9 Å². The molecule has 8 nitrogen and oxygen atoms in total. The molecule has 0 N–H and O–H groups in total. The molecule has 1 aliphatic rings. The summed E-state index contributed by atoms with van der Waals surface area (Å²) in [5.74, 6) is -2.18. The Morgan fingerprint density at radius 3 is 1.90 bits per heavy atom. The van der Waals surface area contributed by atoms with Crippen LogP contribution in [0.5, 0.6) is 0 Å². The van der Waals surface area contributed by atoms with Gasteiger partial charge in [-0.3, -0.25) is 14.4 Å². The van der Waals surface area contributed by atoms with E-state index < -0.39 is 48.7 Å². The van der Waals surface area contributed by atoms with Crippen LogP contribution in [-0.2, 0) is 38.1 Å². The Bertz CT molecular complexity index is 527. The molecule has 1 fully saturated rings. The molecular weight excluding hydrogens is 387 g/mol. The second-order valence-corrected chi connectivity index (χ2v) is 7.09. The van der Waals surface area contributed by atoms with E-state index in [1.165, 1.54) is 26.2 Å². The molecule has 29 heavy (non-hydrogen) atoms. The number of carbonyl (C=O) groups excluding carboxylic acids is 3. The Morgan fingerprint density at radius 1 is 0.793 bits per heavy atom. The van der Waals surface area contributed by atoms with Crippen LogP contribution < -0.4 is 0 Å². The zero-order valence-electron chi connectivity index (χ0n) is 17.7. The standard InChI is InChI=1S/C20H33FO8/c1-5-6-7-8-9-10-11-25-12-16-17(26-13(2)22)18(27-14(3)23)19(20(21)29-16)28-15(4)24/h16-20H,5-12H2,1-4H3/t16-,17+,18+,19-,20+/m1/s1. The summed E-state index contributed by atoms with van der Waals surface area (Å²) in [4.78, 5) is 34.4. The molecule has 0 aromatic rings. The average Bonchev–Trinajstić information content (AvgIpc) is 2.62. The number of rotatable bonds is 12. The molecule has 1 aliphatic heterocycles. The molecule has 0 saturated carbocycles. The van der Waals surface area contributed by atoms with Crippen molar-refractivity contribution in [2.45, 2.75) is 97.0 Å². The molecule has 0 aromatic heterocycles. The number of esters is 3. The van der Waals surface area contributed by atoms with Gasteiger partial charge in [0, 0.05) is 27.4 Å². The molecule has 9 heteroatoms. The molecular formula is C20H33FO8. The first-order valence-corrected chi connectivity index (χ1v) is 10.1. The van der Waals surface area contributed by atoms with Crippen LogP contribution in [0.3, 0.4) is 0 Å². The van der Waals surface area contributed by atoms with Crippen molar-refractivity contribution in [2.75, 3.05) is 13.2 Å². The van der Waals surface area contributed by atoms with Crippen LogP contribution in [-0.4, -0.2) is 61.9 Å². The van der Waals surface area contributed by atoms with Crippen LogP contribution in [0.1, 0.15) is 66.2 Å². The van der Waals surface area contributed by atoms with Crippen LogP contribution in [0.4, 0.5) is 4.39 Å². The molecule has 168 valence electrons. The molecule has 0 amide bonds. The molecule has 5 atom stereocenters. The summed E-state index contributed by atoms with van der Waals surface area (Å²) >= 11 is 0. The smallest absolute Gasteiger partial charge is 0.303 e. The molecule has 1 rings (SSSR count). The van der Waals surface area contributed by atoms with E-state index in [0.717, 1.165) is 33.1 Å². The number of carbonyl (C=O) groups is 3. The van der Waals surface area contributed by atoms with Crippen molar-refractivity contribution in [1.29, 1.82) is 0 Å². The van der Waals surface area contributed by atoms with Crippen molar-refractivity contribution < 1.29 is 42.5 Å². The van der Waals surface area contributed by atoms with Crippen molar-refractivity contribution in [3.8, 4) is 0 Å². The number of alkyl halides is 1. The van der Waals surface area contributed by atoms with E-state index >= 15 is 0 Å². The summed E-state index contributed by atoms with van der Waals surface area (Å²) in [5.41, 5.74) is 0. The summed E-state index contributed by atoms with van der Waals surface area (Å²) in [6.07, 6.45) is -0.566. The maximum absolute atomic E-state index is 14.5. The summed E-state index contributed by atoms with van der Waals surface area (Å²) in [7, 11) is 0. The lowest BCUT2D eigenvalue weighted by Gasteiger charge is -2.41. The van der Waals surface area contributed by atoms with Gasteiger partial charge in [-0.25, -0.2) is 4.39 Å². The van der Waals surface area contributed by atoms with Crippen molar-refractivity contribution in [3.05, 3.63) is 0 Å². The van der Waals surface area contributed by atoms with Gasteiger partial charge in [0.25, 0.3) is 0 Å². The molecule has 1 heterocycles. The zero-order valence-corrected chi connectivity index (χ0v) is 17.7. The van der Waals surface area contributed by atoms with E-state index in [9.17, 15) is 18.8 Å². The Labute approximate surface area is 171 Å². The molecule has 0 aromatic carbocycles. The van der Waals surface area contributed by atoms with E-state index in [4.69, 9.17) is 23.7 Å². The minimum absolute atomic E-state index is 0.0577. The summed E-state index contributed by atoms with van der Waals surface area (Å²) in [6.45, 7) is 5.93. The first-order chi connectivity index (χ1) is 13.8. The summed E-state index contributed by atoms with van der Waals surface area (Å²) < 4.78 is 40.6. The highest BCUT2D eigenvalue weighted by molar-refractivity contribution is 5.68. The third-order valence-corrected chi connectivity index (χ3v) is 4.41. The quantitative estimate of drug-likeness (QED) is 0.270. The minimum atomic E-state index is -2.06. The highest BCUT2D eigenvalue weighted by atomic mass is 19.1. The van der Waals surface area contributed by atoms with Crippen molar-refractivity contribution in [1.82, 2.24) is 0 Å². The Kier molecular flexibility index (Phi) is 11.8. The van der Waals surface area contributed by atoms with Crippen LogP contribution in [0, 0.1) is 0 Å². The van der Waals surface area contributed by atoms with Crippen LogP contribution in [0.25, 0.3) is 0 Å². The Balaban J connectivity index is 2.72. The van der Waals surface area contributed by atoms with Crippen LogP contribution >= 0.6 is 0 Å². The highest BCUT2D eigenvalue weighted by Crippen LogP contribution is 2.29. The minimum Gasteiger partial charge on any atom is -0.456 e. The van der Waals surface area contributed by atoms with Crippen LogP contribution in [0.15, 0.2) is 0 Å². The van der Waals surface area contributed by atoms with Gasteiger partial charge in [-0.05, 0) is 6.42 Å². The molecule has 0 unspecified atom stereocenters. The average molecular weight is 420 g/mol.